The van der Waals surface area contributed by atoms with Crippen LogP contribution < -0.4 is 5.32 Å². The van der Waals surface area contributed by atoms with Crippen molar-refractivity contribution in [2.24, 2.45) is 5.92 Å². The van der Waals surface area contributed by atoms with Crippen LogP contribution in [0.15, 0.2) is 18.2 Å². The molecule has 0 saturated carbocycles. The Morgan fingerprint density at radius 1 is 1.11 bits per heavy atom. The highest BCUT2D eigenvalue weighted by Gasteiger charge is 2.14. The number of benzene rings is 1. The van der Waals surface area contributed by atoms with E-state index in [2.05, 4.69) is 44.3 Å². The van der Waals surface area contributed by atoms with E-state index >= 15 is 0 Å². The number of fused-ring (bicyclic) bond motifs is 1. The summed E-state index contributed by atoms with van der Waals surface area (Å²) in [6.07, 6.45) is 4.86. The Balaban J connectivity index is 1.97. The third-order valence-electron chi connectivity index (χ3n) is 4.28. The number of rotatable bonds is 5. The monoisotopic (exact) mass is 261 g/mol. The van der Waals surface area contributed by atoms with Gasteiger partial charge in [-0.3, -0.25) is 0 Å². The molecule has 0 fully saturated rings. The molecule has 1 aromatic rings. The van der Waals surface area contributed by atoms with E-state index < -0.39 is 0 Å². The second-order valence-electron chi connectivity index (χ2n) is 6.18. The summed E-state index contributed by atoms with van der Waals surface area (Å²) in [5, 5.41) is 13.3. The third kappa shape index (κ3) is 3.80. The maximum absolute atomic E-state index is 9.85. The van der Waals surface area contributed by atoms with Gasteiger partial charge in [0.1, 0.15) is 0 Å². The van der Waals surface area contributed by atoms with Crippen molar-refractivity contribution >= 4 is 0 Å². The van der Waals surface area contributed by atoms with Crippen molar-refractivity contribution in [2.75, 3.05) is 6.54 Å². The molecule has 1 aromatic carbocycles. The van der Waals surface area contributed by atoms with Gasteiger partial charge in [0.25, 0.3) is 0 Å². The van der Waals surface area contributed by atoms with Crippen LogP contribution in [0.4, 0.5) is 0 Å². The second kappa shape index (κ2) is 6.53. The molecule has 0 aromatic heterocycles. The number of aliphatic hydroxyl groups excluding tert-OH is 1. The van der Waals surface area contributed by atoms with Crippen LogP contribution in [0.3, 0.4) is 0 Å². The van der Waals surface area contributed by atoms with Crippen molar-refractivity contribution in [1.29, 1.82) is 0 Å². The lowest BCUT2D eigenvalue weighted by molar-refractivity contribution is 0.120. The minimum absolute atomic E-state index is 0.264. The topological polar surface area (TPSA) is 32.3 Å². The summed E-state index contributed by atoms with van der Waals surface area (Å²) < 4.78 is 0. The zero-order chi connectivity index (χ0) is 13.8. The van der Waals surface area contributed by atoms with Crippen molar-refractivity contribution in [1.82, 2.24) is 5.32 Å². The summed E-state index contributed by atoms with van der Waals surface area (Å²) in [5.41, 5.74) is 4.41. The molecule has 1 aliphatic rings. The van der Waals surface area contributed by atoms with Gasteiger partial charge in [-0.1, -0.05) is 32.0 Å². The Bertz CT molecular complexity index is 414. The number of hydrogen-bond donors (Lipinski definition) is 2. The molecule has 0 bridgehead atoms. The Kier molecular flexibility index (Phi) is 5.00. The third-order valence-corrected chi connectivity index (χ3v) is 4.28. The number of aryl methyl sites for hydroxylation is 2. The van der Waals surface area contributed by atoms with Gasteiger partial charge in [-0.25, -0.2) is 0 Å². The smallest absolute Gasteiger partial charge is 0.0687 e. The van der Waals surface area contributed by atoms with Gasteiger partial charge in [0, 0.05) is 12.6 Å². The van der Waals surface area contributed by atoms with E-state index in [4.69, 9.17) is 0 Å². The lowest BCUT2D eigenvalue weighted by Gasteiger charge is -2.22. The van der Waals surface area contributed by atoms with Crippen LogP contribution in [0.2, 0.25) is 0 Å². The molecular weight excluding hydrogens is 234 g/mol. The zero-order valence-corrected chi connectivity index (χ0v) is 12.4. The van der Waals surface area contributed by atoms with Crippen LogP contribution in [0.5, 0.6) is 0 Å². The van der Waals surface area contributed by atoms with E-state index in [1.54, 1.807) is 0 Å². The van der Waals surface area contributed by atoms with E-state index in [0.29, 0.717) is 18.5 Å². The normalized spacial score (nSPS) is 18.2. The first-order valence-electron chi connectivity index (χ1n) is 7.61. The molecule has 2 atom stereocenters. The number of aliphatic hydroxyl groups is 1. The summed E-state index contributed by atoms with van der Waals surface area (Å²) in [6, 6.07) is 7.19. The van der Waals surface area contributed by atoms with Crippen molar-refractivity contribution in [3.63, 3.8) is 0 Å². The fraction of sp³-hybridized carbons (Fsp3) is 0.647. The van der Waals surface area contributed by atoms with E-state index in [-0.39, 0.29) is 6.10 Å². The molecule has 2 rings (SSSR count). The standard InChI is InChI=1S/C17H27NO/c1-12(2)17(19)11-18-13(3)15-9-8-14-6-4-5-7-16(14)10-15/h8-10,12-13,17-19H,4-7,11H2,1-3H3. The summed E-state index contributed by atoms with van der Waals surface area (Å²) in [6.45, 7) is 6.94. The average molecular weight is 261 g/mol. The highest BCUT2D eigenvalue weighted by molar-refractivity contribution is 5.35. The molecule has 2 heteroatoms. The van der Waals surface area contributed by atoms with Crippen LogP contribution >= 0.6 is 0 Å². The molecule has 0 amide bonds. The van der Waals surface area contributed by atoms with Gasteiger partial charge in [-0.05, 0) is 55.2 Å². The molecule has 106 valence electrons. The highest BCUT2D eigenvalue weighted by atomic mass is 16.3. The predicted octanol–water partition coefficient (Wildman–Crippen LogP) is 3.23. The Morgan fingerprint density at radius 3 is 2.47 bits per heavy atom. The molecule has 2 nitrogen and oxygen atoms in total. The molecule has 0 heterocycles. The molecule has 2 N–H and O–H groups in total. The van der Waals surface area contributed by atoms with Crippen LogP contribution in [0.1, 0.15) is 56.3 Å². The number of nitrogens with one attached hydrogen (secondary N) is 1. The van der Waals surface area contributed by atoms with Gasteiger partial charge >= 0.3 is 0 Å². The zero-order valence-electron chi connectivity index (χ0n) is 12.4. The molecule has 0 saturated heterocycles. The van der Waals surface area contributed by atoms with Crippen molar-refractivity contribution in [3.05, 3.63) is 34.9 Å². The Hall–Kier alpha value is -0.860. The first-order chi connectivity index (χ1) is 9.08. The predicted molar refractivity (Wildman–Crippen MR) is 80.3 cm³/mol. The molecule has 0 spiro atoms. The van der Waals surface area contributed by atoms with E-state index in [1.807, 2.05) is 0 Å². The minimum Gasteiger partial charge on any atom is -0.392 e. The van der Waals surface area contributed by atoms with Crippen LogP contribution in [0, 0.1) is 5.92 Å². The van der Waals surface area contributed by atoms with Gasteiger partial charge in [-0.15, -0.1) is 0 Å². The maximum Gasteiger partial charge on any atom is 0.0687 e. The second-order valence-corrected chi connectivity index (χ2v) is 6.18. The van der Waals surface area contributed by atoms with Gasteiger partial charge < -0.3 is 10.4 Å². The van der Waals surface area contributed by atoms with E-state index in [0.717, 1.165) is 0 Å². The summed E-state index contributed by atoms with van der Waals surface area (Å²) >= 11 is 0. The molecule has 0 aliphatic heterocycles. The SMILES string of the molecule is CC(NCC(O)C(C)C)c1ccc2c(c1)CCCC2. The van der Waals surface area contributed by atoms with Crippen LogP contribution in [-0.2, 0) is 12.8 Å². The lowest BCUT2D eigenvalue weighted by atomic mass is 9.89. The minimum atomic E-state index is -0.264. The summed E-state index contributed by atoms with van der Waals surface area (Å²) in [5.74, 6) is 0.309. The first kappa shape index (κ1) is 14.5. The Morgan fingerprint density at radius 2 is 1.79 bits per heavy atom. The van der Waals surface area contributed by atoms with Crippen molar-refractivity contribution in [3.8, 4) is 0 Å². The van der Waals surface area contributed by atoms with Gasteiger partial charge in [0.15, 0.2) is 0 Å². The van der Waals surface area contributed by atoms with Gasteiger partial charge in [0.2, 0.25) is 0 Å². The average Bonchev–Trinajstić information content (AvgIpc) is 2.43. The summed E-state index contributed by atoms with van der Waals surface area (Å²) in [7, 11) is 0. The molecule has 2 unspecified atom stereocenters. The fourth-order valence-electron chi connectivity index (χ4n) is 2.67. The van der Waals surface area contributed by atoms with E-state index in [9.17, 15) is 5.11 Å². The van der Waals surface area contributed by atoms with Gasteiger partial charge in [-0.2, -0.15) is 0 Å². The van der Waals surface area contributed by atoms with Crippen LogP contribution in [0.25, 0.3) is 0 Å². The van der Waals surface area contributed by atoms with E-state index in [1.165, 1.54) is 42.4 Å². The molecule has 1 aliphatic carbocycles. The number of hydrogen-bond acceptors (Lipinski definition) is 2. The lowest BCUT2D eigenvalue weighted by Crippen LogP contribution is -2.32. The largest absolute Gasteiger partial charge is 0.392 e. The Labute approximate surface area is 117 Å². The summed E-state index contributed by atoms with van der Waals surface area (Å²) in [4.78, 5) is 0. The molecular formula is C17H27NO. The molecule has 19 heavy (non-hydrogen) atoms. The van der Waals surface area contributed by atoms with Crippen LogP contribution in [-0.4, -0.2) is 17.8 Å². The van der Waals surface area contributed by atoms with Gasteiger partial charge in [0.05, 0.1) is 6.10 Å². The fourth-order valence-corrected chi connectivity index (χ4v) is 2.67. The maximum atomic E-state index is 9.85. The quantitative estimate of drug-likeness (QED) is 0.853. The first-order valence-corrected chi connectivity index (χ1v) is 7.61. The highest BCUT2D eigenvalue weighted by Crippen LogP contribution is 2.24. The van der Waals surface area contributed by atoms with Crippen molar-refractivity contribution in [2.45, 2.75) is 58.6 Å². The molecule has 0 radical (unpaired) electrons. The van der Waals surface area contributed by atoms with Crippen molar-refractivity contribution < 1.29 is 5.11 Å².